The van der Waals surface area contributed by atoms with Gasteiger partial charge in [0.25, 0.3) is 0 Å². The molecule has 0 radical (unpaired) electrons. The number of hydrogen-bond donors (Lipinski definition) is 1. The van der Waals surface area contributed by atoms with E-state index in [0.717, 1.165) is 31.1 Å². The van der Waals surface area contributed by atoms with Crippen molar-refractivity contribution in [2.75, 3.05) is 13.1 Å². The van der Waals surface area contributed by atoms with Crippen molar-refractivity contribution < 1.29 is 23.4 Å². The number of aliphatic hydroxyl groups is 1. The summed E-state index contributed by atoms with van der Waals surface area (Å²) in [7, 11) is 0. The van der Waals surface area contributed by atoms with Crippen molar-refractivity contribution in [2.45, 2.75) is 64.6 Å². The maximum Gasteiger partial charge on any atom is 0.340 e. The number of likely N-dealkylation sites (tertiary alicyclic amines) is 1. The number of fused-ring (bicyclic) bond motifs is 2. The SMILES string of the molecule is Cc1c(CC(=O)N2CC[C@@]3(O)CCCC[C@H]3C2)c(=O)oc2c(C)c(OCc3ccc(Br)cc3F)ccc12. The summed E-state index contributed by atoms with van der Waals surface area (Å²) in [6.45, 7) is 4.69. The van der Waals surface area contributed by atoms with E-state index >= 15 is 0 Å². The van der Waals surface area contributed by atoms with Crippen LogP contribution in [0.1, 0.15) is 54.4 Å². The van der Waals surface area contributed by atoms with E-state index in [2.05, 4.69) is 15.9 Å². The summed E-state index contributed by atoms with van der Waals surface area (Å²) in [6, 6.07) is 8.38. The van der Waals surface area contributed by atoms with Crippen LogP contribution in [0.3, 0.4) is 0 Å². The fraction of sp³-hybridized carbons (Fsp3) is 0.448. The van der Waals surface area contributed by atoms with E-state index in [1.807, 2.05) is 13.0 Å². The van der Waals surface area contributed by atoms with Crippen molar-refractivity contribution in [2.24, 2.45) is 5.92 Å². The standard InChI is InChI=1S/C29H31BrFNO5/c1-17-22-8-9-25(36-16-19-6-7-21(30)13-24(19)31)18(2)27(22)37-28(34)23(17)14-26(33)32-12-11-29(35)10-4-3-5-20(29)15-32/h6-9,13,20,35H,3-5,10-12,14-16H2,1-2H3/t20-,29-/m0/s1. The topological polar surface area (TPSA) is 80.0 Å². The molecule has 37 heavy (non-hydrogen) atoms. The Bertz CT molecular complexity index is 1420. The molecule has 1 aromatic heterocycles. The summed E-state index contributed by atoms with van der Waals surface area (Å²) in [5.41, 5.74) is 1.32. The number of hydrogen-bond acceptors (Lipinski definition) is 5. The second kappa shape index (κ2) is 10.2. The molecule has 1 N–H and O–H groups in total. The van der Waals surface area contributed by atoms with Crippen molar-refractivity contribution in [1.29, 1.82) is 0 Å². The largest absolute Gasteiger partial charge is 0.488 e. The smallest absolute Gasteiger partial charge is 0.340 e. The molecule has 1 amide bonds. The molecular weight excluding hydrogens is 541 g/mol. The van der Waals surface area contributed by atoms with E-state index in [9.17, 15) is 19.1 Å². The molecule has 2 atom stereocenters. The fourth-order valence-corrected chi connectivity index (χ4v) is 6.12. The minimum atomic E-state index is -0.659. The molecule has 2 aromatic carbocycles. The van der Waals surface area contributed by atoms with E-state index in [0.29, 0.717) is 57.6 Å². The van der Waals surface area contributed by atoms with Crippen LogP contribution in [0.2, 0.25) is 0 Å². The normalized spacial score (nSPS) is 21.6. The molecule has 0 unspecified atom stereocenters. The summed E-state index contributed by atoms with van der Waals surface area (Å²) in [5.74, 6) is 0.108. The van der Waals surface area contributed by atoms with Gasteiger partial charge in [-0.25, -0.2) is 9.18 Å². The Morgan fingerprint density at radius 2 is 2.03 bits per heavy atom. The lowest BCUT2D eigenvalue weighted by Gasteiger charge is -2.47. The number of halogens is 2. The van der Waals surface area contributed by atoms with Gasteiger partial charge in [0.15, 0.2) is 0 Å². The van der Waals surface area contributed by atoms with Crippen LogP contribution in [0.25, 0.3) is 11.0 Å². The van der Waals surface area contributed by atoms with Gasteiger partial charge in [-0.1, -0.05) is 34.8 Å². The monoisotopic (exact) mass is 571 g/mol. The maximum absolute atomic E-state index is 14.2. The van der Waals surface area contributed by atoms with Crippen molar-refractivity contribution in [3.8, 4) is 5.75 Å². The number of aryl methyl sites for hydroxylation is 2. The predicted octanol–water partition coefficient (Wildman–Crippen LogP) is 5.59. The molecule has 2 fully saturated rings. The Hall–Kier alpha value is -2.71. The van der Waals surface area contributed by atoms with E-state index in [1.165, 1.54) is 6.07 Å². The quantitative estimate of drug-likeness (QED) is 0.404. The van der Waals surface area contributed by atoms with Gasteiger partial charge in [0.2, 0.25) is 5.91 Å². The van der Waals surface area contributed by atoms with Gasteiger partial charge in [-0.15, -0.1) is 0 Å². The zero-order valence-electron chi connectivity index (χ0n) is 21.1. The first-order chi connectivity index (χ1) is 17.7. The molecule has 2 aliphatic rings. The van der Waals surface area contributed by atoms with Crippen LogP contribution in [0.4, 0.5) is 4.39 Å². The highest BCUT2D eigenvalue weighted by Gasteiger charge is 2.43. The Morgan fingerprint density at radius 1 is 1.22 bits per heavy atom. The van der Waals surface area contributed by atoms with Crippen molar-refractivity contribution in [3.05, 3.63) is 73.3 Å². The number of amides is 1. The molecule has 8 heteroatoms. The highest BCUT2D eigenvalue weighted by Crippen LogP contribution is 2.40. The third-order valence-electron chi connectivity index (χ3n) is 8.16. The van der Waals surface area contributed by atoms with Gasteiger partial charge in [0.05, 0.1) is 17.6 Å². The van der Waals surface area contributed by atoms with Crippen LogP contribution in [0.5, 0.6) is 5.75 Å². The van der Waals surface area contributed by atoms with Gasteiger partial charge in [-0.2, -0.15) is 0 Å². The average molecular weight is 572 g/mol. The van der Waals surface area contributed by atoms with Crippen molar-refractivity contribution in [1.82, 2.24) is 4.90 Å². The second-order valence-electron chi connectivity index (χ2n) is 10.4. The minimum Gasteiger partial charge on any atom is -0.488 e. The van der Waals surface area contributed by atoms with Gasteiger partial charge in [-0.3, -0.25) is 4.79 Å². The number of carbonyl (C=O) groups excluding carboxylic acids is 1. The molecule has 3 aromatic rings. The second-order valence-corrected chi connectivity index (χ2v) is 11.3. The van der Waals surface area contributed by atoms with Crippen LogP contribution in [-0.4, -0.2) is 34.6 Å². The molecule has 6 nitrogen and oxygen atoms in total. The van der Waals surface area contributed by atoms with Gasteiger partial charge < -0.3 is 19.2 Å². The number of nitrogens with zero attached hydrogens (tertiary/aromatic N) is 1. The number of carbonyl (C=O) groups is 1. The van der Waals surface area contributed by atoms with Crippen molar-refractivity contribution >= 4 is 32.8 Å². The minimum absolute atomic E-state index is 0.0323. The lowest BCUT2D eigenvalue weighted by Crippen LogP contribution is -2.55. The molecule has 2 heterocycles. The highest BCUT2D eigenvalue weighted by atomic mass is 79.9. The number of ether oxygens (including phenoxy) is 1. The highest BCUT2D eigenvalue weighted by molar-refractivity contribution is 9.10. The van der Waals surface area contributed by atoms with Gasteiger partial charge >= 0.3 is 5.63 Å². The fourth-order valence-electron chi connectivity index (χ4n) is 5.79. The zero-order valence-corrected chi connectivity index (χ0v) is 22.7. The number of rotatable bonds is 5. The molecule has 0 bridgehead atoms. The first-order valence-electron chi connectivity index (χ1n) is 12.8. The van der Waals surface area contributed by atoms with Gasteiger partial charge in [-0.05, 0) is 62.9 Å². The Balaban J connectivity index is 1.35. The van der Waals surface area contributed by atoms with Crippen LogP contribution in [0, 0.1) is 25.6 Å². The summed E-state index contributed by atoms with van der Waals surface area (Å²) in [5, 5.41) is 11.7. The van der Waals surface area contributed by atoms with Crippen LogP contribution in [0.15, 0.2) is 44.0 Å². The third-order valence-corrected chi connectivity index (χ3v) is 8.65. The summed E-state index contributed by atoms with van der Waals surface area (Å²) in [4.78, 5) is 28.0. The Kier molecular flexibility index (Phi) is 7.16. The molecular formula is C29H31BrFNO5. The summed E-state index contributed by atoms with van der Waals surface area (Å²) in [6.07, 6.45) is 4.39. The van der Waals surface area contributed by atoms with E-state index < -0.39 is 11.2 Å². The van der Waals surface area contributed by atoms with E-state index in [-0.39, 0.29) is 30.7 Å². The molecule has 1 saturated heterocycles. The first kappa shape index (κ1) is 25.9. The lowest BCUT2D eigenvalue weighted by atomic mass is 9.71. The van der Waals surface area contributed by atoms with Crippen LogP contribution >= 0.6 is 15.9 Å². The molecule has 1 aliphatic heterocycles. The van der Waals surface area contributed by atoms with Crippen LogP contribution < -0.4 is 10.4 Å². The van der Waals surface area contributed by atoms with Gasteiger partial charge in [0.1, 0.15) is 23.8 Å². The first-order valence-corrected chi connectivity index (χ1v) is 13.6. The van der Waals surface area contributed by atoms with Crippen molar-refractivity contribution in [3.63, 3.8) is 0 Å². The van der Waals surface area contributed by atoms with Gasteiger partial charge in [0, 0.05) is 40.0 Å². The molecule has 1 aliphatic carbocycles. The lowest BCUT2D eigenvalue weighted by molar-refractivity contribution is -0.142. The summed E-state index contributed by atoms with van der Waals surface area (Å²) >= 11 is 3.25. The summed E-state index contributed by atoms with van der Waals surface area (Å²) < 4.78 is 26.4. The number of piperidine rings is 1. The molecule has 196 valence electrons. The maximum atomic E-state index is 14.2. The Morgan fingerprint density at radius 3 is 2.81 bits per heavy atom. The molecule has 5 rings (SSSR count). The molecule has 1 saturated carbocycles. The van der Waals surface area contributed by atoms with Crippen LogP contribution in [-0.2, 0) is 17.8 Å². The number of benzene rings is 2. The predicted molar refractivity (Wildman–Crippen MR) is 142 cm³/mol. The zero-order chi connectivity index (χ0) is 26.3. The average Bonchev–Trinajstić information content (AvgIpc) is 2.86. The Labute approximate surface area is 223 Å². The van der Waals surface area contributed by atoms with E-state index in [1.54, 1.807) is 30.0 Å². The third kappa shape index (κ3) is 5.06. The van der Waals surface area contributed by atoms with E-state index in [4.69, 9.17) is 9.15 Å². The molecule has 0 spiro atoms.